The van der Waals surface area contributed by atoms with E-state index in [1.807, 2.05) is 4.90 Å². The van der Waals surface area contributed by atoms with Crippen LogP contribution in [0.2, 0.25) is 0 Å². The summed E-state index contributed by atoms with van der Waals surface area (Å²) >= 11 is 6.18. The summed E-state index contributed by atoms with van der Waals surface area (Å²) < 4.78 is 4.73. The molecule has 126 valence electrons. The number of para-hydroxylation sites is 1. The van der Waals surface area contributed by atoms with Crippen molar-refractivity contribution < 1.29 is 19.1 Å². The fourth-order valence-corrected chi connectivity index (χ4v) is 3.34. The van der Waals surface area contributed by atoms with E-state index in [0.29, 0.717) is 13.1 Å². The molecule has 6 nitrogen and oxygen atoms in total. The first-order valence-corrected chi connectivity index (χ1v) is 8.15. The molecule has 0 radical (unpaired) electrons. The van der Waals surface area contributed by atoms with Gasteiger partial charge in [0.1, 0.15) is 10.7 Å². The van der Waals surface area contributed by atoms with Crippen LogP contribution in [0, 0.1) is 0 Å². The van der Waals surface area contributed by atoms with Crippen molar-refractivity contribution in [3.8, 4) is 0 Å². The Kier molecular flexibility index (Phi) is 4.57. The third-order valence-electron chi connectivity index (χ3n) is 4.23. The van der Waals surface area contributed by atoms with Crippen molar-refractivity contribution in [1.29, 1.82) is 0 Å². The van der Waals surface area contributed by atoms with E-state index in [9.17, 15) is 14.4 Å². The van der Waals surface area contributed by atoms with Crippen LogP contribution in [0.4, 0.5) is 5.69 Å². The molecule has 2 amide bonds. The summed E-state index contributed by atoms with van der Waals surface area (Å²) in [7, 11) is 1.25. The van der Waals surface area contributed by atoms with Gasteiger partial charge in [-0.1, -0.05) is 23.7 Å². The number of nitrogens with zero attached hydrogens (tertiary/aromatic N) is 2. The zero-order valence-corrected chi connectivity index (χ0v) is 14.0. The lowest BCUT2D eigenvalue weighted by molar-refractivity contribution is -0.121. The van der Waals surface area contributed by atoms with E-state index in [1.165, 1.54) is 19.2 Å². The van der Waals surface area contributed by atoms with E-state index >= 15 is 0 Å². The highest BCUT2D eigenvalue weighted by Crippen LogP contribution is 2.34. The molecule has 1 aromatic rings. The summed E-state index contributed by atoms with van der Waals surface area (Å²) in [6.07, 6.45) is 3.00. The molecule has 7 heteroatoms. The molecule has 0 saturated carbocycles. The number of methoxy groups -OCH3 is 1. The fraction of sp³-hybridized carbons (Fsp3) is 0.353. The molecule has 2 aliphatic rings. The summed E-state index contributed by atoms with van der Waals surface area (Å²) in [5.74, 6) is -1.73. The van der Waals surface area contributed by atoms with Gasteiger partial charge in [-0.2, -0.15) is 0 Å². The number of carbonyl (C=O) groups excluding carboxylic acids is 3. The smallest absolute Gasteiger partial charge is 0.339 e. The lowest BCUT2D eigenvalue weighted by atomic mass is 10.1. The van der Waals surface area contributed by atoms with Gasteiger partial charge < -0.3 is 9.64 Å². The molecule has 1 saturated heterocycles. The summed E-state index contributed by atoms with van der Waals surface area (Å²) in [6, 6.07) is 6.33. The monoisotopic (exact) mass is 348 g/mol. The second-order valence-corrected chi connectivity index (χ2v) is 6.04. The number of rotatable bonds is 3. The summed E-state index contributed by atoms with van der Waals surface area (Å²) in [6.45, 7) is 1.38. The van der Waals surface area contributed by atoms with Crippen molar-refractivity contribution in [2.24, 2.45) is 0 Å². The second kappa shape index (κ2) is 6.65. The van der Waals surface area contributed by atoms with Crippen LogP contribution in [0.5, 0.6) is 0 Å². The highest BCUT2D eigenvalue weighted by molar-refractivity contribution is 6.52. The molecule has 0 aromatic heterocycles. The van der Waals surface area contributed by atoms with Crippen LogP contribution in [0.3, 0.4) is 0 Å². The van der Waals surface area contributed by atoms with Gasteiger partial charge in [0.25, 0.3) is 11.8 Å². The zero-order valence-electron chi connectivity index (χ0n) is 13.3. The number of hydrogen-bond donors (Lipinski definition) is 0. The minimum atomic E-state index is -0.617. The SMILES string of the molecule is COC(=O)c1ccccc1N1C(=O)C(Cl)=C(N2CCCCC2)C1=O. The molecule has 0 bridgehead atoms. The molecule has 0 unspecified atom stereocenters. The number of esters is 1. The Morgan fingerprint density at radius 1 is 1.08 bits per heavy atom. The Balaban J connectivity index is 1.99. The first-order chi connectivity index (χ1) is 11.6. The van der Waals surface area contributed by atoms with Crippen molar-refractivity contribution in [3.05, 3.63) is 40.6 Å². The maximum absolute atomic E-state index is 12.9. The molecule has 0 atom stereocenters. The van der Waals surface area contributed by atoms with Crippen molar-refractivity contribution in [3.63, 3.8) is 0 Å². The highest BCUT2D eigenvalue weighted by atomic mass is 35.5. The Morgan fingerprint density at radius 3 is 2.42 bits per heavy atom. The number of ether oxygens (including phenoxy) is 1. The van der Waals surface area contributed by atoms with Gasteiger partial charge in [-0.15, -0.1) is 0 Å². The minimum absolute atomic E-state index is 0.0958. The topological polar surface area (TPSA) is 66.9 Å². The van der Waals surface area contributed by atoms with Gasteiger partial charge >= 0.3 is 5.97 Å². The molecule has 0 spiro atoms. The van der Waals surface area contributed by atoms with Crippen LogP contribution in [0.25, 0.3) is 0 Å². The molecule has 0 N–H and O–H groups in total. The minimum Gasteiger partial charge on any atom is -0.465 e. The molecule has 24 heavy (non-hydrogen) atoms. The summed E-state index contributed by atoms with van der Waals surface area (Å²) in [5.41, 5.74) is 0.552. The van der Waals surface area contributed by atoms with E-state index in [2.05, 4.69) is 0 Å². The Labute approximate surface area is 144 Å². The normalized spacial score (nSPS) is 18.4. The maximum Gasteiger partial charge on any atom is 0.339 e. The number of amides is 2. The van der Waals surface area contributed by atoms with E-state index < -0.39 is 17.8 Å². The van der Waals surface area contributed by atoms with Crippen molar-refractivity contribution in [1.82, 2.24) is 4.90 Å². The van der Waals surface area contributed by atoms with Crippen molar-refractivity contribution >= 4 is 35.1 Å². The number of carbonyl (C=O) groups is 3. The molecule has 1 fully saturated rings. The number of imide groups is 1. The van der Waals surface area contributed by atoms with Gasteiger partial charge in [0, 0.05) is 13.1 Å². The molecule has 3 rings (SSSR count). The van der Waals surface area contributed by atoms with E-state index in [0.717, 1.165) is 24.2 Å². The number of likely N-dealkylation sites (tertiary alicyclic amines) is 1. The standard InChI is InChI=1S/C17H17ClN2O4/c1-24-17(23)11-7-3-4-8-12(11)20-15(21)13(18)14(16(20)22)19-9-5-2-6-10-19/h3-4,7-8H,2,5-6,9-10H2,1H3. The van der Waals surface area contributed by atoms with Gasteiger partial charge in [-0.25, -0.2) is 9.69 Å². The average Bonchev–Trinajstić information content (AvgIpc) is 2.84. The number of piperidine rings is 1. The average molecular weight is 349 g/mol. The van der Waals surface area contributed by atoms with Crippen LogP contribution in [-0.2, 0) is 14.3 Å². The summed E-state index contributed by atoms with van der Waals surface area (Å²) in [5, 5.41) is -0.0958. The predicted molar refractivity (Wildman–Crippen MR) is 88.6 cm³/mol. The number of benzene rings is 1. The third kappa shape index (κ3) is 2.67. The number of anilines is 1. The van der Waals surface area contributed by atoms with Crippen molar-refractivity contribution in [2.45, 2.75) is 19.3 Å². The maximum atomic E-state index is 12.9. The molecule has 0 aliphatic carbocycles. The lowest BCUT2D eigenvalue weighted by Gasteiger charge is -2.29. The van der Waals surface area contributed by atoms with E-state index in [1.54, 1.807) is 12.1 Å². The fourth-order valence-electron chi connectivity index (χ4n) is 3.05. The van der Waals surface area contributed by atoms with Crippen LogP contribution in [0.15, 0.2) is 35.0 Å². The van der Waals surface area contributed by atoms with Gasteiger partial charge in [0.15, 0.2) is 0 Å². The molecule has 2 aliphatic heterocycles. The van der Waals surface area contributed by atoms with Crippen molar-refractivity contribution in [2.75, 3.05) is 25.1 Å². The molecular weight excluding hydrogens is 332 g/mol. The summed E-state index contributed by atoms with van der Waals surface area (Å²) in [4.78, 5) is 40.2. The van der Waals surface area contributed by atoms with Crippen LogP contribution in [0.1, 0.15) is 29.6 Å². The number of halogens is 1. The van der Waals surface area contributed by atoms with E-state index in [4.69, 9.17) is 16.3 Å². The zero-order chi connectivity index (χ0) is 17.3. The van der Waals surface area contributed by atoms with Crippen LogP contribution >= 0.6 is 11.6 Å². The Hall–Kier alpha value is -2.34. The first-order valence-electron chi connectivity index (χ1n) is 7.77. The quantitative estimate of drug-likeness (QED) is 0.619. The highest BCUT2D eigenvalue weighted by Gasteiger charge is 2.42. The van der Waals surface area contributed by atoms with Gasteiger partial charge in [-0.05, 0) is 31.4 Å². The first kappa shape index (κ1) is 16.5. The lowest BCUT2D eigenvalue weighted by Crippen LogP contribution is -2.37. The van der Waals surface area contributed by atoms with E-state index in [-0.39, 0.29) is 22.0 Å². The Morgan fingerprint density at radius 2 is 1.75 bits per heavy atom. The molecular formula is C17H17ClN2O4. The van der Waals surface area contributed by atoms with Crippen LogP contribution < -0.4 is 4.90 Å². The van der Waals surface area contributed by atoms with Crippen LogP contribution in [-0.4, -0.2) is 42.9 Å². The Bertz CT molecular complexity index is 738. The van der Waals surface area contributed by atoms with Gasteiger partial charge in [0.2, 0.25) is 0 Å². The second-order valence-electron chi connectivity index (χ2n) is 5.66. The van der Waals surface area contributed by atoms with Gasteiger partial charge in [-0.3, -0.25) is 9.59 Å². The largest absolute Gasteiger partial charge is 0.465 e. The molecule has 1 aromatic carbocycles. The predicted octanol–water partition coefficient (Wildman–Crippen LogP) is 2.28. The van der Waals surface area contributed by atoms with Gasteiger partial charge in [0.05, 0.1) is 18.4 Å². The third-order valence-corrected chi connectivity index (χ3v) is 4.57. The molecule has 2 heterocycles. The number of hydrogen-bond acceptors (Lipinski definition) is 5.